The largest absolute Gasteiger partial charge is 0.496 e. The molecule has 31 heavy (non-hydrogen) atoms. The molecule has 2 N–H and O–H groups in total. The lowest BCUT2D eigenvalue weighted by molar-refractivity contribution is 0.0950. The number of aromatic nitrogens is 2. The highest BCUT2D eigenvalue weighted by molar-refractivity contribution is 9.10. The number of ether oxygens (including phenoxy) is 1. The average molecular weight is 475 g/mol. The van der Waals surface area contributed by atoms with Crippen molar-refractivity contribution in [3.05, 3.63) is 81.5 Å². The Morgan fingerprint density at radius 2 is 2.00 bits per heavy atom. The van der Waals surface area contributed by atoms with Gasteiger partial charge < -0.3 is 4.74 Å². The molecular weight excluding hydrogens is 456 g/mol. The van der Waals surface area contributed by atoms with Crippen LogP contribution in [-0.2, 0) is 12.8 Å². The van der Waals surface area contributed by atoms with Crippen LogP contribution in [0.15, 0.2) is 64.2 Å². The van der Waals surface area contributed by atoms with Crippen LogP contribution in [0.3, 0.4) is 0 Å². The van der Waals surface area contributed by atoms with E-state index in [-0.39, 0.29) is 5.91 Å². The molecule has 4 aromatic rings. The van der Waals surface area contributed by atoms with Crippen LogP contribution < -0.4 is 10.2 Å². The Labute approximate surface area is 187 Å². The summed E-state index contributed by atoms with van der Waals surface area (Å²) in [6.07, 6.45) is 3.73. The Morgan fingerprint density at radius 3 is 2.81 bits per heavy atom. The van der Waals surface area contributed by atoms with E-state index in [1.54, 1.807) is 19.4 Å². The second-order valence-corrected chi connectivity index (χ2v) is 8.23. The number of nitrogens with zero attached hydrogens (tertiary/aromatic N) is 2. The normalized spacial score (nSPS) is 12.6. The van der Waals surface area contributed by atoms with Crippen LogP contribution in [0.2, 0.25) is 0 Å². The quantitative estimate of drug-likeness (QED) is 0.320. The number of hydrogen-bond donors (Lipinski definition) is 2. The SMILES string of the molecule is COc1ccc(/C=N/NC(=O)c2cc(-c3ccc4c5c(cccc35)CC4)n[nH]2)cc1Br. The topological polar surface area (TPSA) is 79.4 Å². The first-order valence-electron chi connectivity index (χ1n) is 9.90. The number of halogens is 1. The summed E-state index contributed by atoms with van der Waals surface area (Å²) in [5.74, 6) is 0.378. The second-order valence-electron chi connectivity index (χ2n) is 7.37. The van der Waals surface area contributed by atoms with Gasteiger partial charge in [0, 0.05) is 5.56 Å². The summed E-state index contributed by atoms with van der Waals surface area (Å²) in [6, 6.07) is 17.9. The van der Waals surface area contributed by atoms with E-state index < -0.39 is 0 Å². The fourth-order valence-electron chi connectivity index (χ4n) is 4.03. The van der Waals surface area contributed by atoms with Gasteiger partial charge in [-0.15, -0.1) is 0 Å². The zero-order valence-electron chi connectivity index (χ0n) is 16.8. The molecule has 1 aliphatic rings. The number of aromatic amines is 1. The first-order valence-corrected chi connectivity index (χ1v) is 10.7. The molecule has 154 valence electrons. The summed E-state index contributed by atoms with van der Waals surface area (Å²) in [7, 11) is 1.61. The first kappa shape index (κ1) is 19.5. The molecule has 0 unspecified atom stereocenters. The number of amides is 1. The summed E-state index contributed by atoms with van der Waals surface area (Å²) in [5, 5.41) is 13.7. The van der Waals surface area contributed by atoms with E-state index in [0.29, 0.717) is 5.69 Å². The van der Waals surface area contributed by atoms with E-state index in [9.17, 15) is 4.79 Å². The Balaban J connectivity index is 1.35. The summed E-state index contributed by atoms with van der Waals surface area (Å²) in [6.45, 7) is 0. The monoisotopic (exact) mass is 474 g/mol. The van der Waals surface area contributed by atoms with Gasteiger partial charge in [0.1, 0.15) is 11.4 Å². The maximum Gasteiger partial charge on any atom is 0.289 e. The number of nitrogens with one attached hydrogen (secondary N) is 2. The maximum absolute atomic E-state index is 12.5. The molecular formula is C24H19BrN4O2. The Kier molecular flexibility index (Phi) is 5.03. The Morgan fingerprint density at radius 1 is 1.16 bits per heavy atom. The molecule has 0 atom stereocenters. The molecule has 6 nitrogen and oxygen atoms in total. The molecule has 0 radical (unpaired) electrons. The minimum absolute atomic E-state index is 0.353. The van der Waals surface area contributed by atoms with Crippen molar-refractivity contribution >= 4 is 38.8 Å². The van der Waals surface area contributed by atoms with Gasteiger partial charge in [0.15, 0.2) is 0 Å². The first-order chi connectivity index (χ1) is 15.1. The lowest BCUT2D eigenvalue weighted by Gasteiger charge is -2.06. The molecule has 1 amide bonds. The van der Waals surface area contributed by atoms with Gasteiger partial charge in [-0.1, -0.05) is 30.3 Å². The summed E-state index contributed by atoms with van der Waals surface area (Å²) >= 11 is 3.43. The minimum Gasteiger partial charge on any atom is -0.496 e. The Hall–Kier alpha value is -3.45. The number of benzene rings is 3. The smallest absolute Gasteiger partial charge is 0.289 e. The van der Waals surface area contributed by atoms with Gasteiger partial charge in [0.05, 0.1) is 23.5 Å². The van der Waals surface area contributed by atoms with Gasteiger partial charge in [-0.2, -0.15) is 10.2 Å². The minimum atomic E-state index is -0.353. The molecule has 0 saturated carbocycles. The molecule has 3 aromatic carbocycles. The highest BCUT2D eigenvalue weighted by Gasteiger charge is 2.18. The zero-order chi connectivity index (χ0) is 21.4. The third-order valence-corrected chi connectivity index (χ3v) is 6.15. The Bertz CT molecular complexity index is 1330. The van der Waals surface area contributed by atoms with Gasteiger partial charge in [0.2, 0.25) is 0 Å². The number of carbonyl (C=O) groups is 1. The summed E-state index contributed by atoms with van der Waals surface area (Å²) < 4.78 is 6.02. The van der Waals surface area contributed by atoms with Crippen molar-refractivity contribution in [2.75, 3.05) is 7.11 Å². The van der Waals surface area contributed by atoms with Crippen molar-refractivity contribution in [1.82, 2.24) is 15.6 Å². The van der Waals surface area contributed by atoms with Crippen molar-refractivity contribution in [2.45, 2.75) is 12.8 Å². The van der Waals surface area contributed by atoms with Crippen LogP contribution in [0.25, 0.3) is 22.0 Å². The molecule has 0 aliphatic heterocycles. The molecule has 1 aliphatic carbocycles. The molecule has 1 heterocycles. The van der Waals surface area contributed by atoms with E-state index >= 15 is 0 Å². The molecule has 1 aromatic heterocycles. The fourth-order valence-corrected chi connectivity index (χ4v) is 4.59. The van der Waals surface area contributed by atoms with E-state index in [0.717, 1.165) is 39.9 Å². The van der Waals surface area contributed by atoms with Crippen molar-refractivity contribution < 1.29 is 9.53 Å². The van der Waals surface area contributed by atoms with E-state index in [4.69, 9.17) is 4.74 Å². The predicted molar refractivity (Wildman–Crippen MR) is 125 cm³/mol. The zero-order valence-corrected chi connectivity index (χ0v) is 18.4. The van der Waals surface area contributed by atoms with Crippen LogP contribution >= 0.6 is 15.9 Å². The number of rotatable bonds is 5. The van der Waals surface area contributed by atoms with Gasteiger partial charge in [-0.25, -0.2) is 5.43 Å². The standard InChI is InChI=1S/C24H19BrN4O2/c1-31-22-10-5-14(11-19(22)25)13-26-29-24(30)21-12-20(27-28-21)17-9-8-16-7-6-15-3-2-4-18(17)23(15)16/h2-5,8-13H,6-7H2,1H3,(H,27,28)(H,29,30)/b26-13+. The lowest BCUT2D eigenvalue weighted by Crippen LogP contribution is -2.18. The third-order valence-electron chi connectivity index (χ3n) is 5.53. The van der Waals surface area contributed by atoms with Gasteiger partial charge in [0.25, 0.3) is 5.91 Å². The molecule has 0 bridgehead atoms. The van der Waals surface area contributed by atoms with Crippen LogP contribution in [0.5, 0.6) is 5.75 Å². The number of methoxy groups -OCH3 is 1. The van der Waals surface area contributed by atoms with Gasteiger partial charge in [-0.3, -0.25) is 9.89 Å². The van der Waals surface area contributed by atoms with Crippen molar-refractivity contribution in [2.24, 2.45) is 5.10 Å². The number of hydrazone groups is 1. The highest BCUT2D eigenvalue weighted by atomic mass is 79.9. The lowest BCUT2D eigenvalue weighted by atomic mass is 9.98. The molecule has 0 fully saturated rings. The van der Waals surface area contributed by atoms with Crippen LogP contribution in [0.4, 0.5) is 0 Å². The number of hydrogen-bond acceptors (Lipinski definition) is 4. The predicted octanol–water partition coefficient (Wildman–Crippen LogP) is 4.86. The molecule has 5 rings (SSSR count). The van der Waals surface area contributed by atoms with E-state index in [2.05, 4.69) is 67.0 Å². The van der Waals surface area contributed by atoms with E-state index in [1.165, 1.54) is 21.9 Å². The highest BCUT2D eigenvalue weighted by Crippen LogP contribution is 2.36. The van der Waals surface area contributed by atoms with Crippen molar-refractivity contribution in [3.8, 4) is 17.0 Å². The van der Waals surface area contributed by atoms with Gasteiger partial charge in [-0.05, 0) is 80.5 Å². The van der Waals surface area contributed by atoms with Gasteiger partial charge >= 0.3 is 0 Å². The van der Waals surface area contributed by atoms with E-state index in [1.807, 2.05) is 18.2 Å². The fraction of sp³-hybridized carbons (Fsp3) is 0.125. The number of carbonyl (C=O) groups excluding carboxylic acids is 1. The second kappa shape index (κ2) is 8.00. The van der Waals surface area contributed by atoms with Crippen LogP contribution in [-0.4, -0.2) is 29.4 Å². The maximum atomic E-state index is 12.5. The van der Waals surface area contributed by atoms with Crippen molar-refractivity contribution in [1.29, 1.82) is 0 Å². The molecule has 0 saturated heterocycles. The number of aryl methyl sites for hydroxylation is 2. The van der Waals surface area contributed by atoms with Crippen molar-refractivity contribution in [3.63, 3.8) is 0 Å². The van der Waals surface area contributed by atoms with Crippen LogP contribution in [0, 0.1) is 0 Å². The summed E-state index contributed by atoms with van der Waals surface area (Å²) in [5.41, 5.74) is 8.23. The average Bonchev–Trinajstić information content (AvgIpc) is 3.43. The summed E-state index contributed by atoms with van der Waals surface area (Å²) in [4.78, 5) is 12.5. The molecule has 7 heteroatoms. The number of H-pyrrole nitrogens is 1. The third kappa shape index (κ3) is 3.61. The van der Waals surface area contributed by atoms with Crippen LogP contribution in [0.1, 0.15) is 27.2 Å². The molecule has 0 spiro atoms.